The fourth-order valence-electron chi connectivity index (χ4n) is 4.05. The third-order valence-electron chi connectivity index (χ3n) is 5.64. The van der Waals surface area contributed by atoms with Crippen molar-refractivity contribution in [3.63, 3.8) is 0 Å². The lowest BCUT2D eigenvalue weighted by atomic mass is 9.99. The molecule has 37 heavy (non-hydrogen) atoms. The summed E-state index contributed by atoms with van der Waals surface area (Å²) in [6.07, 6.45) is 1.21. The average Bonchev–Trinajstić information content (AvgIpc) is 2.87. The van der Waals surface area contributed by atoms with Crippen LogP contribution in [0.3, 0.4) is 0 Å². The van der Waals surface area contributed by atoms with E-state index < -0.39 is 11.7 Å². The van der Waals surface area contributed by atoms with Crippen molar-refractivity contribution in [2.24, 2.45) is 0 Å². The summed E-state index contributed by atoms with van der Waals surface area (Å²) in [7, 11) is 0. The van der Waals surface area contributed by atoms with Crippen LogP contribution in [-0.2, 0) is 12.6 Å². The third-order valence-corrected chi connectivity index (χ3v) is 5.64. The number of rotatable bonds is 9. The van der Waals surface area contributed by atoms with Crippen molar-refractivity contribution in [2.45, 2.75) is 38.5 Å². The molecule has 0 aliphatic heterocycles. The largest absolute Gasteiger partial charge is 0.416 e. The average molecular weight is 528 g/mol. The highest BCUT2D eigenvalue weighted by molar-refractivity contribution is 5.85. The first-order chi connectivity index (χ1) is 17.3. The number of alkyl halides is 3. The first-order valence-corrected chi connectivity index (χ1v) is 11.8. The van der Waals surface area contributed by atoms with Crippen LogP contribution < -0.4 is 10.6 Å². The minimum atomic E-state index is -4.44. The van der Waals surface area contributed by atoms with E-state index in [1.54, 1.807) is 36.8 Å². The molecule has 0 amide bonds. The number of nitrogens with one attached hydrogen (secondary N) is 2. The van der Waals surface area contributed by atoms with Crippen molar-refractivity contribution in [1.29, 1.82) is 0 Å². The Bertz CT molecular complexity index is 1270. The van der Waals surface area contributed by atoms with Crippen molar-refractivity contribution >= 4 is 18.4 Å². The minimum Gasteiger partial charge on any atom is -0.353 e. The molecule has 4 aromatic rings. The van der Waals surface area contributed by atoms with Gasteiger partial charge in [0.05, 0.1) is 11.3 Å². The van der Waals surface area contributed by atoms with Gasteiger partial charge in [0, 0.05) is 48.3 Å². The molecule has 0 saturated carbocycles. The van der Waals surface area contributed by atoms with E-state index in [0.717, 1.165) is 24.1 Å². The molecule has 9 heteroatoms. The molecule has 0 bridgehead atoms. The van der Waals surface area contributed by atoms with Crippen molar-refractivity contribution in [3.05, 3.63) is 96.4 Å². The lowest BCUT2D eigenvalue weighted by molar-refractivity contribution is -0.137. The van der Waals surface area contributed by atoms with Crippen LogP contribution in [0.2, 0.25) is 0 Å². The van der Waals surface area contributed by atoms with Crippen LogP contribution in [0, 0.1) is 0 Å². The van der Waals surface area contributed by atoms with E-state index in [2.05, 4.69) is 46.6 Å². The SMILES string of the molecule is CC(C)N[C@H](CNc1ncc(-c2cccc(C(F)(F)F)c2)c(-c2ccncc2)n1)Cc1ccccc1.Cl. The van der Waals surface area contributed by atoms with Gasteiger partial charge in [0.2, 0.25) is 5.95 Å². The van der Waals surface area contributed by atoms with E-state index in [4.69, 9.17) is 4.98 Å². The number of aromatic nitrogens is 3. The molecular formula is C28H29ClF3N5. The maximum atomic E-state index is 13.3. The van der Waals surface area contributed by atoms with Crippen LogP contribution in [0.1, 0.15) is 25.0 Å². The van der Waals surface area contributed by atoms with E-state index in [1.807, 2.05) is 18.2 Å². The van der Waals surface area contributed by atoms with Gasteiger partial charge in [-0.2, -0.15) is 13.2 Å². The molecule has 4 rings (SSSR count). The van der Waals surface area contributed by atoms with Gasteiger partial charge < -0.3 is 10.6 Å². The molecule has 2 heterocycles. The molecule has 5 nitrogen and oxygen atoms in total. The molecule has 2 N–H and O–H groups in total. The summed E-state index contributed by atoms with van der Waals surface area (Å²) >= 11 is 0. The fraction of sp³-hybridized carbons (Fsp3) is 0.250. The lowest BCUT2D eigenvalue weighted by Gasteiger charge is -2.22. The number of hydrogen-bond acceptors (Lipinski definition) is 5. The van der Waals surface area contributed by atoms with Crippen molar-refractivity contribution in [2.75, 3.05) is 11.9 Å². The van der Waals surface area contributed by atoms with Gasteiger partial charge in [-0.3, -0.25) is 4.98 Å². The Morgan fingerprint density at radius 2 is 1.62 bits per heavy atom. The zero-order valence-electron chi connectivity index (χ0n) is 20.5. The maximum absolute atomic E-state index is 13.3. The van der Waals surface area contributed by atoms with Gasteiger partial charge in [-0.1, -0.05) is 56.3 Å². The zero-order valence-corrected chi connectivity index (χ0v) is 21.4. The summed E-state index contributed by atoms with van der Waals surface area (Å²) in [5, 5.41) is 6.88. The lowest BCUT2D eigenvalue weighted by Crippen LogP contribution is -2.41. The second-order valence-electron chi connectivity index (χ2n) is 8.86. The topological polar surface area (TPSA) is 62.7 Å². The number of halogens is 4. The van der Waals surface area contributed by atoms with Crippen LogP contribution >= 0.6 is 12.4 Å². The van der Waals surface area contributed by atoms with Gasteiger partial charge in [-0.15, -0.1) is 12.4 Å². The number of nitrogens with zero attached hydrogens (tertiary/aromatic N) is 3. The monoisotopic (exact) mass is 527 g/mol. The quantitative estimate of drug-likeness (QED) is 0.254. The first kappa shape index (κ1) is 28.1. The molecule has 2 aromatic carbocycles. The maximum Gasteiger partial charge on any atom is 0.416 e. The Hall–Kier alpha value is -3.49. The Morgan fingerprint density at radius 1 is 0.892 bits per heavy atom. The summed E-state index contributed by atoms with van der Waals surface area (Å²) in [5.41, 5.74) is 2.68. The standard InChI is InChI=1S/C28H28F3N5.ClH/c1-19(2)35-24(15-20-7-4-3-5-8-20)17-33-27-34-18-25(26(36-27)21-11-13-32-14-12-21)22-9-6-10-23(16-22)28(29,30)31;/h3-14,16,18-19,24,35H,15,17H2,1-2H3,(H,33,34,36);1H/t24-;/m0./s1. The van der Waals surface area contributed by atoms with E-state index in [-0.39, 0.29) is 24.5 Å². The van der Waals surface area contributed by atoms with Crippen LogP contribution in [0.5, 0.6) is 0 Å². The third kappa shape index (κ3) is 7.74. The molecule has 0 spiro atoms. The van der Waals surface area contributed by atoms with Crippen LogP contribution in [0.25, 0.3) is 22.4 Å². The molecule has 1 atom stereocenters. The number of anilines is 1. The normalized spacial score (nSPS) is 12.2. The van der Waals surface area contributed by atoms with Gasteiger partial charge in [-0.05, 0) is 41.8 Å². The summed E-state index contributed by atoms with van der Waals surface area (Å²) < 4.78 is 40.0. The minimum absolute atomic E-state index is 0. The van der Waals surface area contributed by atoms with Crippen molar-refractivity contribution < 1.29 is 13.2 Å². The summed E-state index contributed by atoms with van der Waals surface area (Å²) in [4.78, 5) is 13.2. The van der Waals surface area contributed by atoms with E-state index in [0.29, 0.717) is 29.3 Å². The highest BCUT2D eigenvalue weighted by Crippen LogP contribution is 2.35. The van der Waals surface area contributed by atoms with Crippen LogP contribution in [-0.4, -0.2) is 33.6 Å². The highest BCUT2D eigenvalue weighted by Gasteiger charge is 2.30. The summed E-state index contributed by atoms with van der Waals surface area (Å²) in [6, 6.07) is 19.4. The summed E-state index contributed by atoms with van der Waals surface area (Å²) in [5.74, 6) is 0.404. The highest BCUT2D eigenvalue weighted by atomic mass is 35.5. The molecular weight excluding hydrogens is 499 g/mol. The second-order valence-corrected chi connectivity index (χ2v) is 8.86. The molecule has 2 aromatic heterocycles. The molecule has 0 radical (unpaired) electrons. The smallest absolute Gasteiger partial charge is 0.353 e. The van der Waals surface area contributed by atoms with E-state index in [9.17, 15) is 13.2 Å². The Labute approximate surface area is 221 Å². The molecule has 0 aliphatic carbocycles. The number of benzene rings is 2. The molecule has 0 aliphatic rings. The van der Waals surface area contributed by atoms with Crippen LogP contribution in [0.15, 0.2) is 85.3 Å². The van der Waals surface area contributed by atoms with Crippen molar-refractivity contribution in [3.8, 4) is 22.4 Å². The van der Waals surface area contributed by atoms with Gasteiger partial charge in [-0.25, -0.2) is 9.97 Å². The predicted molar refractivity (Wildman–Crippen MR) is 144 cm³/mol. The first-order valence-electron chi connectivity index (χ1n) is 11.8. The van der Waals surface area contributed by atoms with Gasteiger partial charge in [0.25, 0.3) is 0 Å². The number of pyridine rings is 1. The van der Waals surface area contributed by atoms with Gasteiger partial charge in [0.1, 0.15) is 0 Å². The molecule has 194 valence electrons. The van der Waals surface area contributed by atoms with Gasteiger partial charge >= 0.3 is 6.18 Å². The van der Waals surface area contributed by atoms with Gasteiger partial charge in [0.15, 0.2) is 0 Å². The summed E-state index contributed by atoms with van der Waals surface area (Å²) in [6.45, 7) is 4.77. The van der Waals surface area contributed by atoms with E-state index >= 15 is 0 Å². The predicted octanol–water partition coefficient (Wildman–Crippen LogP) is 6.67. The fourth-order valence-corrected chi connectivity index (χ4v) is 4.05. The van der Waals surface area contributed by atoms with Crippen molar-refractivity contribution in [1.82, 2.24) is 20.3 Å². The van der Waals surface area contributed by atoms with Crippen LogP contribution in [0.4, 0.5) is 19.1 Å². The second kappa shape index (κ2) is 12.7. The molecule has 0 saturated heterocycles. The molecule has 0 fully saturated rings. The Balaban J connectivity index is 0.00000380. The Morgan fingerprint density at radius 3 is 2.30 bits per heavy atom. The van der Waals surface area contributed by atoms with E-state index in [1.165, 1.54) is 11.6 Å². The Kier molecular flexibility index (Phi) is 9.60. The zero-order chi connectivity index (χ0) is 25.5. The number of hydrogen-bond donors (Lipinski definition) is 2. The molecule has 0 unspecified atom stereocenters.